The molecule has 1 aromatic carbocycles. The summed E-state index contributed by atoms with van der Waals surface area (Å²) < 4.78 is 180. The summed E-state index contributed by atoms with van der Waals surface area (Å²) in [5.74, 6) is -39.7. The van der Waals surface area contributed by atoms with Gasteiger partial charge in [-0.25, -0.2) is 0 Å². The lowest BCUT2D eigenvalue weighted by Gasteiger charge is -2.39. The van der Waals surface area contributed by atoms with Crippen LogP contribution in [-0.2, 0) is 5.92 Å². The molecule has 0 aliphatic carbocycles. The number of alkyl halides is 13. The molecule has 0 saturated heterocycles. The lowest BCUT2D eigenvalue weighted by Crippen LogP contribution is -2.69. The van der Waals surface area contributed by atoms with Crippen LogP contribution in [0.1, 0.15) is 24.4 Å². The van der Waals surface area contributed by atoms with E-state index in [0.717, 1.165) is 24.3 Å². The minimum Gasteiger partial charge on any atom is -0.385 e. The van der Waals surface area contributed by atoms with Crippen LogP contribution in [-0.4, -0.2) is 40.1 Å². The minimum absolute atomic E-state index is 0.561. The average Bonchev–Trinajstić information content (AvgIpc) is 3.13. The molecule has 0 saturated carbocycles. The van der Waals surface area contributed by atoms with Gasteiger partial charge in [-0.2, -0.15) is 57.1 Å². The highest BCUT2D eigenvalue weighted by Crippen LogP contribution is 2.63. The van der Waals surface area contributed by atoms with Crippen LogP contribution in [0.25, 0.3) is 11.3 Å². The molecular weight excluding hydrogens is 497 g/mol. The number of halogens is 13. The quantitative estimate of drug-likeness (QED) is 0.431. The van der Waals surface area contributed by atoms with Crippen molar-refractivity contribution >= 4 is 0 Å². The third-order valence-electron chi connectivity index (χ3n) is 4.39. The first-order chi connectivity index (χ1) is 14.7. The predicted molar refractivity (Wildman–Crippen MR) is 82.3 cm³/mol. The lowest BCUT2D eigenvalue weighted by atomic mass is 9.88. The van der Waals surface area contributed by atoms with Gasteiger partial charge in [0.25, 0.3) is 0 Å². The van der Waals surface area contributed by atoms with Crippen LogP contribution in [0.15, 0.2) is 34.9 Å². The number of benzene rings is 1. The topological polar surface area (TPSA) is 46.3 Å². The Hall–Kier alpha value is -2.52. The first kappa shape index (κ1) is 26.7. The highest BCUT2D eigenvalue weighted by molar-refractivity contribution is 5.65. The summed E-state index contributed by atoms with van der Waals surface area (Å²) in [6.45, 7) is 0.581. The second kappa shape index (κ2) is 7.77. The van der Waals surface area contributed by atoms with Crippen LogP contribution in [0.5, 0.6) is 0 Å². The normalized spacial score (nSPS) is 15.6. The van der Waals surface area contributed by atoms with E-state index in [2.05, 4.69) is 9.68 Å². The van der Waals surface area contributed by atoms with E-state index in [1.165, 1.54) is 6.07 Å². The maximum atomic E-state index is 14.7. The van der Waals surface area contributed by atoms with Gasteiger partial charge in [0.2, 0.25) is 0 Å². The molecular formula is C17H10F13NO2. The number of nitrogens with zero attached hydrogens (tertiary/aromatic N) is 1. The van der Waals surface area contributed by atoms with Gasteiger partial charge in [0.15, 0.2) is 5.76 Å². The van der Waals surface area contributed by atoms with Crippen LogP contribution >= 0.6 is 0 Å². The fourth-order valence-electron chi connectivity index (χ4n) is 2.61. The van der Waals surface area contributed by atoms with E-state index in [1.54, 1.807) is 0 Å². The number of rotatable bonds is 7. The van der Waals surface area contributed by atoms with E-state index in [9.17, 15) is 62.2 Å². The molecule has 2 rings (SSSR count). The first-order valence-electron chi connectivity index (χ1n) is 8.35. The molecule has 3 nitrogen and oxygen atoms in total. The van der Waals surface area contributed by atoms with Crippen LogP contribution in [0.3, 0.4) is 0 Å². The fourth-order valence-corrected chi connectivity index (χ4v) is 2.61. The van der Waals surface area contributed by atoms with Crippen molar-refractivity contribution in [3.05, 3.63) is 41.7 Å². The molecule has 186 valence electrons. The molecule has 0 amide bonds. The van der Waals surface area contributed by atoms with Crippen molar-refractivity contribution in [2.75, 3.05) is 0 Å². The van der Waals surface area contributed by atoms with Gasteiger partial charge in [0.1, 0.15) is 17.4 Å². The summed E-state index contributed by atoms with van der Waals surface area (Å²) in [5.41, 5.74) is -4.37. The number of aliphatic hydroxyl groups excluding tert-OH is 1. The smallest absolute Gasteiger partial charge is 0.385 e. The molecule has 33 heavy (non-hydrogen) atoms. The lowest BCUT2D eigenvalue weighted by molar-refractivity contribution is -0.441. The zero-order valence-electron chi connectivity index (χ0n) is 15.7. The van der Waals surface area contributed by atoms with E-state index in [-0.39, 0.29) is 0 Å². The third kappa shape index (κ3) is 3.71. The predicted octanol–water partition coefficient (Wildman–Crippen LogP) is 6.59. The molecule has 1 N–H and O–H groups in total. The van der Waals surface area contributed by atoms with Crippen LogP contribution < -0.4 is 0 Å². The van der Waals surface area contributed by atoms with Crippen LogP contribution in [0.4, 0.5) is 57.1 Å². The Labute approximate surface area is 174 Å². The zero-order valence-corrected chi connectivity index (χ0v) is 15.7. The van der Waals surface area contributed by atoms with E-state index < -0.39 is 64.5 Å². The summed E-state index contributed by atoms with van der Waals surface area (Å²) in [5, 5.41) is 12.4. The first-order valence-corrected chi connectivity index (χ1v) is 8.35. The van der Waals surface area contributed by atoms with Crippen molar-refractivity contribution in [2.45, 2.75) is 48.8 Å². The summed E-state index contributed by atoms with van der Waals surface area (Å²) in [7, 11) is 0. The molecule has 1 aromatic heterocycles. The summed E-state index contributed by atoms with van der Waals surface area (Å²) in [6, 6.07) is 5.22. The summed E-state index contributed by atoms with van der Waals surface area (Å²) in [6.07, 6.45) is -9.82. The molecule has 1 unspecified atom stereocenters. The molecule has 0 fully saturated rings. The standard InChI is InChI=1S/C17H10F13NO2/c1-7(32)11-9(10(31-33-11)8-5-3-2-4-6-8)12(18,19)13(20,21)14(22,23)15(24,25)16(26,27)17(28,29)30/h2-7,32H,1H3. The molecule has 0 aliphatic rings. The van der Waals surface area contributed by atoms with Crippen molar-refractivity contribution in [1.29, 1.82) is 0 Å². The Morgan fingerprint density at radius 1 is 0.727 bits per heavy atom. The molecule has 0 aliphatic heterocycles. The molecule has 16 heteroatoms. The largest absolute Gasteiger partial charge is 0.460 e. The number of aromatic nitrogens is 1. The third-order valence-corrected chi connectivity index (χ3v) is 4.39. The molecule has 1 atom stereocenters. The highest BCUT2D eigenvalue weighted by Gasteiger charge is 2.91. The van der Waals surface area contributed by atoms with Crippen molar-refractivity contribution in [1.82, 2.24) is 5.16 Å². The van der Waals surface area contributed by atoms with E-state index in [1.807, 2.05) is 0 Å². The molecule has 0 spiro atoms. The second-order valence-electron chi connectivity index (χ2n) is 6.68. The molecule has 2 aromatic rings. The van der Waals surface area contributed by atoms with Gasteiger partial charge in [0.05, 0.1) is 0 Å². The van der Waals surface area contributed by atoms with Gasteiger partial charge in [-0.1, -0.05) is 35.5 Å². The van der Waals surface area contributed by atoms with E-state index in [0.29, 0.717) is 6.92 Å². The summed E-state index contributed by atoms with van der Waals surface area (Å²) in [4.78, 5) is 0. The Balaban J connectivity index is 2.79. The molecule has 0 bridgehead atoms. The van der Waals surface area contributed by atoms with Gasteiger partial charge in [-0.3, -0.25) is 0 Å². The Morgan fingerprint density at radius 3 is 1.61 bits per heavy atom. The Bertz CT molecular complexity index is 981. The SMILES string of the molecule is CC(O)c1onc(-c2ccccc2)c1C(F)(F)C(F)(F)C(F)(F)C(F)(F)C(F)(F)C(F)(F)F. The van der Waals surface area contributed by atoms with Crippen molar-refractivity contribution in [3.8, 4) is 11.3 Å². The second-order valence-corrected chi connectivity index (χ2v) is 6.68. The van der Waals surface area contributed by atoms with Gasteiger partial charge >= 0.3 is 35.8 Å². The minimum atomic E-state index is -8.04. The Kier molecular flexibility index (Phi) is 6.29. The van der Waals surface area contributed by atoms with Gasteiger partial charge in [-0.05, 0) is 6.92 Å². The van der Waals surface area contributed by atoms with Crippen molar-refractivity contribution in [3.63, 3.8) is 0 Å². The maximum Gasteiger partial charge on any atom is 0.460 e. The molecule has 0 radical (unpaired) electrons. The van der Waals surface area contributed by atoms with Crippen LogP contribution in [0.2, 0.25) is 0 Å². The average molecular weight is 507 g/mol. The maximum absolute atomic E-state index is 14.7. The van der Waals surface area contributed by atoms with Crippen LogP contribution in [0, 0.1) is 0 Å². The number of hydrogen-bond donors (Lipinski definition) is 1. The fraction of sp³-hybridized carbons (Fsp3) is 0.471. The number of aliphatic hydroxyl groups is 1. The van der Waals surface area contributed by atoms with Gasteiger partial charge in [0, 0.05) is 5.56 Å². The number of hydrogen-bond acceptors (Lipinski definition) is 3. The summed E-state index contributed by atoms with van der Waals surface area (Å²) >= 11 is 0. The van der Waals surface area contributed by atoms with E-state index in [4.69, 9.17) is 0 Å². The zero-order chi connectivity index (χ0) is 25.8. The van der Waals surface area contributed by atoms with Gasteiger partial charge < -0.3 is 9.63 Å². The highest BCUT2D eigenvalue weighted by atomic mass is 19.4. The Morgan fingerprint density at radius 2 is 1.18 bits per heavy atom. The van der Waals surface area contributed by atoms with E-state index >= 15 is 0 Å². The molecule has 1 heterocycles. The van der Waals surface area contributed by atoms with Crippen molar-refractivity contribution < 1.29 is 66.7 Å². The monoisotopic (exact) mass is 507 g/mol. The van der Waals surface area contributed by atoms with Gasteiger partial charge in [-0.15, -0.1) is 0 Å². The van der Waals surface area contributed by atoms with Crippen molar-refractivity contribution in [2.24, 2.45) is 0 Å².